The van der Waals surface area contributed by atoms with Crippen LogP contribution in [0.15, 0.2) is 54.6 Å². The van der Waals surface area contributed by atoms with Crippen LogP contribution in [0.25, 0.3) is 0 Å². The maximum absolute atomic E-state index is 6.35. The van der Waals surface area contributed by atoms with Crippen LogP contribution in [0.2, 0.25) is 0 Å². The molecule has 4 rings (SSSR count). The van der Waals surface area contributed by atoms with Gasteiger partial charge in [0.15, 0.2) is 28.1 Å². The molecule has 0 fully saturated rings. The predicted octanol–water partition coefficient (Wildman–Crippen LogP) is 6.21. The minimum absolute atomic E-state index is 0.132. The molecule has 37 heavy (non-hydrogen) atoms. The number of methoxy groups -OCH3 is 3. The average Bonchev–Trinajstić information content (AvgIpc) is 2.94. The molecule has 0 amide bonds. The Hall–Kier alpha value is -3.45. The van der Waals surface area contributed by atoms with Crippen molar-refractivity contribution in [3.05, 3.63) is 76.9 Å². The molecule has 0 radical (unpaired) electrons. The Labute approximate surface area is 225 Å². The van der Waals surface area contributed by atoms with Crippen molar-refractivity contribution in [2.45, 2.75) is 39.2 Å². The predicted molar refractivity (Wildman–Crippen MR) is 153 cm³/mol. The minimum Gasteiger partial charge on any atom is -0.493 e. The topological polar surface area (TPSA) is 52.2 Å². The van der Waals surface area contributed by atoms with Gasteiger partial charge in [0, 0.05) is 12.2 Å². The molecule has 0 bridgehead atoms. The second kappa shape index (κ2) is 12.2. The zero-order valence-electron chi connectivity index (χ0n) is 22.3. The molecule has 1 N–H and O–H groups in total. The molecular formula is C30H36N2O4S. The van der Waals surface area contributed by atoms with Gasteiger partial charge >= 0.3 is 0 Å². The third-order valence-corrected chi connectivity index (χ3v) is 7.30. The minimum atomic E-state index is -0.132. The van der Waals surface area contributed by atoms with Crippen LogP contribution in [0, 0.1) is 0 Å². The number of para-hydroxylation sites is 3. The maximum atomic E-state index is 6.35. The van der Waals surface area contributed by atoms with E-state index in [4.69, 9.17) is 31.2 Å². The molecule has 6 nitrogen and oxygen atoms in total. The van der Waals surface area contributed by atoms with Crippen LogP contribution >= 0.6 is 12.2 Å². The molecule has 0 aliphatic carbocycles. The summed E-state index contributed by atoms with van der Waals surface area (Å²) in [5.74, 6) is 2.81. The first-order valence-electron chi connectivity index (χ1n) is 12.7. The summed E-state index contributed by atoms with van der Waals surface area (Å²) in [5, 5.41) is 4.29. The quantitative estimate of drug-likeness (QED) is 0.337. The van der Waals surface area contributed by atoms with E-state index in [9.17, 15) is 0 Å². The van der Waals surface area contributed by atoms with Crippen LogP contribution in [0.3, 0.4) is 0 Å². The molecule has 3 aromatic carbocycles. The summed E-state index contributed by atoms with van der Waals surface area (Å²) in [4.78, 5) is 2.23. The number of anilines is 1. The lowest BCUT2D eigenvalue weighted by atomic mass is 9.92. The lowest BCUT2D eigenvalue weighted by molar-refractivity contribution is 0.185. The largest absolute Gasteiger partial charge is 0.493 e. The molecule has 1 aliphatic rings. The van der Waals surface area contributed by atoms with Crippen molar-refractivity contribution >= 4 is 23.0 Å². The zero-order valence-corrected chi connectivity index (χ0v) is 23.1. The smallest absolute Gasteiger partial charge is 0.174 e. The number of hydrogen-bond acceptors (Lipinski definition) is 5. The average molecular weight is 521 g/mol. The molecule has 3 aromatic rings. The molecule has 196 valence electrons. The number of benzene rings is 3. The van der Waals surface area contributed by atoms with Gasteiger partial charge in [-0.2, -0.15) is 0 Å². The summed E-state index contributed by atoms with van der Waals surface area (Å²) in [7, 11) is 4.97. The second-order valence-electron chi connectivity index (χ2n) is 8.92. The van der Waals surface area contributed by atoms with E-state index < -0.39 is 0 Å². The van der Waals surface area contributed by atoms with Crippen molar-refractivity contribution < 1.29 is 18.9 Å². The number of aryl methyl sites for hydroxylation is 2. The Bertz CT molecular complexity index is 1220. The molecule has 0 spiro atoms. The molecule has 1 aliphatic heterocycles. The highest BCUT2D eigenvalue weighted by Gasteiger charge is 2.32. The lowest BCUT2D eigenvalue weighted by Gasteiger charge is -2.39. The summed E-state index contributed by atoms with van der Waals surface area (Å²) in [6, 6.07) is 18.1. The maximum Gasteiger partial charge on any atom is 0.174 e. The van der Waals surface area contributed by atoms with Gasteiger partial charge in [0.2, 0.25) is 0 Å². The van der Waals surface area contributed by atoms with E-state index in [-0.39, 0.29) is 6.04 Å². The molecule has 0 saturated carbocycles. The van der Waals surface area contributed by atoms with Gasteiger partial charge in [-0.25, -0.2) is 0 Å². The first kappa shape index (κ1) is 26.6. The van der Waals surface area contributed by atoms with Gasteiger partial charge in [-0.05, 0) is 78.0 Å². The Morgan fingerprint density at radius 2 is 1.49 bits per heavy atom. The van der Waals surface area contributed by atoms with Gasteiger partial charge < -0.3 is 29.2 Å². The fourth-order valence-corrected chi connectivity index (χ4v) is 5.26. The fourth-order valence-electron chi connectivity index (χ4n) is 4.94. The summed E-state index contributed by atoms with van der Waals surface area (Å²) >= 11 is 6.05. The monoisotopic (exact) mass is 520 g/mol. The van der Waals surface area contributed by atoms with Gasteiger partial charge in [-0.3, -0.25) is 0 Å². The van der Waals surface area contributed by atoms with E-state index in [0.717, 1.165) is 42.8 Å². The van der Waals surface area contributed by atoms with Crippen molar-refractivity contribution in [2.75, 3.05) is 39.8 Å². The number of hydrogen-bond donors (Lipinski definition) is 1. The highest BCUT2D eigenvalue weighted by atomic mass is 32.1. The summed E-state index contributed by atoms with van der Waals surface area (Å²) in [5.41, 5.74) is 5.94. The van der Waals surface area contributed by atoms with Crippen LogP contribution in [0.5, 0.6) is 23.0 Å². The second-order valence-corrected chi connectivity index (χ2v) is 9.30. The number of nitrogens with zero attached hydrogens (tertiary/aromatic N) is 1. The summed E-state index contributed by atoms with van der Waals surface area (Å²) in [6.45, 7) is 5.48. The summed E-state index contributed by atoms with van der Waals surface area (Å²) in [6.07, 6.45) is 2.69. The Kier molecular flexibility index (Phi) is 8.77. The van der Waals surface area contributed by atoms with E-state index in [0.29, 0.717) is 29.0 Å². The van der Waals surface area contributed by atoms with Crippen LogP contribution in [0.4, 0.5) is 5.69 Å². The number of thiocarbonyl (C=S) groups is 1. The molecule has 0 saturated heterocycles. The van der Waals surface area contributed by atoms with E-state index in [1.165, 1.54) is 16.7 Å². The molecule has 0 unspecified atom stereocenters. The lowest BCUT2D eigenvalue weighted by Crippen LogP contribution is -2.44. The van der Waals surface area contributed by atoms with Crippen molar-refractivity contribution in [3.8, 4) is 23.0 Å². The highest BCUT2D eigenvalue weighted by molar-refractivity contribution is 7.80. The molecular weight excluding hydrogens is 484 g/mol. The number of ether oxygens (including phenoxy) is 4. The van der Waals surface area contributed by atoms with E-state index in [1.807, 2.05) is 24.3 Å². The third-order valence-electron chi connectivity index (χ3n) is 6.96. The van der Waals surface area contributed by atoms with Crippen molar-refractivity contribution in [2.24, 2.45) is 0 Å². The first-order valence-corrected chi connectivity index (χ1v) is 13.1. The number of nitrogens with one attached hydrogen (secondary N) is 1. The van der Waals surface area contributed by atoms with E-state index in [1.54, 1.807) is 21.3 Å². The van der Waals surface area contributed by atoms with Crippen LogP contribution in [-0.4, -0.2) is 44.5 Å². The van der Waals surface area contributed by atoms with Crippen molar-refractivity contribution in [1.82, 2.24) is 4.90 Å². The third kappa shape index (κ3) is 5.62. The van der Waals surface area contributed by atoms with Crippen molar-refractivity contribution in [3.63, 3.8) is 0 Å². The normalized spacial score (nSPS) is 14.5. The molecule has 0 aromatic heterocycles. The van der Waals surface area contributed by atoms with Gasteiger partial charge in [0.05, 0.1) is 27.4 Å². The van der Waals surface area contributed by atoms with Gasteiger partial charge in [0.25, 0.3) is 0 Å². The highest BCUT2D eigenvalue weighted by Crippen LogP contribution is 2.39. The van der Waals surface area contributed by atoms with Crippen LogP contribution in [-0.2, 0) is 19.3 Å². The molecule has 7 heteroatoms. The molecule has 1 heterocycles. The Balaban J connectivity index is 1.70. The number of rotatable bonds is 9. The van der Waals surface area contributed by atoms with Gasteiger partial charge in [0.1, 0.15) is 6.61 Å². The standard InChI is InChI=1S/C30H36N2O4S/c1-6-20-11-10-12-21(7-2)29(20)31-30(37)32-16-15-22-17-27(34-4)28(35-5)18-23(22)24(32)19-36-26-14-9-8-13-25(26)33-3/h8-14,17-18,24H,6-7,15-16,19H2,1-5H3,(H,31,37)/t24-/m1/s1. The van der Waals surface area contributed by atoms with Gasteiger partial charge in [-0.15, -0.1) is 0 Å². The first-order chi connectivity index (χ1) is 18.0. The number of fused-ring (bicyclic) bond motifs is 1. The van der Waals surface area contributed by atoms with Gasteiger partial charge in [-0.1, -0.05) is 44.2 Å². The SMILES string of the molecule is CCc1cccc(CC)c1NC(=S)N1CCc2cc(OC)c(OC)cc2[C@H]1COc1ccccc1OC. The molecule has 1 atom stereocenters. The Morgan fingerprint density at radius 1 is 0.865 bits per heavy atom. The van der Waals surface area contributed by atoms with Crippen LogP contribution in [0.1, 0.15) is 42.1 Å². The van der Waals surface area contributed by atoms with Crippen LogP contribution < -0.4 is 24.3 Å². The van der Waals surface area contributed by atoms with E-state index >= 15 is 0 Å². The van der Waals surface area contributed by atoms with Crippen molar-refractivity contribution in [1.29, 1.82) is 0 Å². The summed E-state index contributed by atoms with van der Waals surface area (Å²) < 4.78 is 23.1. The Morgan fingerprint density at radius 3 is 2.11 bits per heavy atom. The zero-order chi connectivity index (χ0) is 26.4. The van der Waals surface area contributed by atoms with E-state index in [2.05, 4.69) is 54.4 Å². The fraction of sp³-hybridized carbons (Fsp3) is 0.367.